The number of nitrogens with zero attached hydrogens (tertiary/aromatic N) is 1. The molecule has 0 spiro atoms. The largest absolute Gasteiger partial charge is 0.465 e. The van der Waals surface area contributed by atoms with Crippen molar-refractivity contribution in [3.8, 4) is 0 Å². The zero-order valence-electron chi connectivity index (χ0n) is 20.5. The van der Waals surface area contributed by atoms with Crippen LogP contribution in [0.25, 0.3) is 0 Å². The Hall–Kier alpha value is -3.20. The standard InChI is InChI=1S/C28H29ClN2O5S/c1-2-36-27(33)28(17-18-28)22-8-12-24(13-9-22)30-26(32)20-31(19-16-21-6-4-3-5-7-21)37(34,35)25-14-10-23(29)11-15-25/h3-15H,2,16-20H2,1H3,(H,30,32). The second-order valence-electron chi connectivity index (χ2n) is 8.96. The van der Waals surface area contributed by atoms with Gasteiger partial charge in [0.1, 0.15) is 0 Å². The molecule has 37 heavy (non-hydrogen) atoms. The van der Waals surface area contributed by atoms with Gasteiger partial charge in [0.25, 0.3) is 0 Å². The van der Waals surface area contributed by atoms with Crippen molar-refractivity contribution >= 4 is 39.2 Å². The lowest BCUT2D eigenvalue weighted by molar-refractivity contribution is -0.146. The number of anilines is 1. The molecule has 0 saturated heterocycles. The first-order chi connectivity index (χ1) is 17.7. The summed E-state index contributed by atoms with van der Waals surface area (Å²) in [4.78, 5) is 25.4. The second kappa shape index (κ2) is 11.5. The van der Waals surface area contributed by atoms with Crippen LogP contribution in [-0.2, 0) is 36.2 Å². The van der Waals surface area contributed by atoms with Gasteiger partial charge in [-0.2, -0.15) is 4.31 Å². The van der Waals surface area contributed by atoms with Gasteiger partial charge in [-0.25, -0.2) is 8.42 Å². The van der Waals surface area contributed by atoms with Crippen LogP contribution in [0.1, 0.15) is 30.9 Å². The van der Waals surface area contributed by atoms with E-state index in [-0.39, 0.29) is 24.0 Å². The normalized spacial score (nSPS) is 14.2. The zero-order chi connectivity index (χ0) is 26.5. The van der Waals surface area contributed by atoms with Gasteiger partial charge in [0.05, 0.1) is 23.5 Å². The van der Waals surface area contributed by atoms with Gasteiger partial charge in [0.2, 0.25) is 15.9 Å². The van der Waals surface area contributed by atoms with Crippen molar-refractivity contribution in [2.75, 3.05) is 25.0 Å². The van der Waals surface area contributed by atoms with E-state index >= 15 is 0 Å². The highest BCUT2D eigenvalue weighted by atomic mass is 35.5. The molecule has 3 aromatic carbocycles. The smallest absolute Gasteiger partial charge is 0.316 e. The van der Waals surface area contributed by atoms with Crippen molar-refractivity contribution in [1.29, 1.82) is 0 Å². The van der Waals surface area contributed by atoms with Gasteiger partial charge in [-0.05, 0) is 73.7 Å². The fourth-order valence-corrected chi connectivity index (χ4v) is 5.70. The van der Waals surface area contributed by atoms with Gasteiger partial charge in [0, 0.05) is 17.3 Å². The number of hydrogen-bond acceptors (Lipinski definition) is 5. The van der Waals surface area contributed by atoms with Crippen LogP contribution in [0.2, 0.25) is 5.02 Å². The highest BCUT2D eigenvalue weighted by molar-refractivity contribution is 7.89. The molecule has 1 N–H and O–H groups in total. The highest BCUT2D eigenvalue weighted by Gasteiger charge is 2.52. The Bertz CT molecular complexity index is 1340. The van der Waals surface area contributed by atoms with Crippen molar-refractivity contribution in [3.63, 3.8) is 0 Å². The molecule has 0 bridgehead atoms. The average Bonchev–Trinajstić information content (AvgIpc) is 3.70. The third kappa shape index (κ3) is 6.39. The number of nitrogens with one attached hydrogen (secondary N) is 1. The number of ether oxygens (including phenoxy) is 1. The van der Waals surface area contributed by atoms with Crippen molar-refractivity contribution in [3.05, 3.63) is 95.0 Å². The monoisotopic (exact) mass is 540 g/mol. The molecule has 4 rings (SSSR count). The Morgan fingerprint density at radius 2 is 1.62 bits per heavy atom. The molecule has 9 heteroatoms. The van der Waals surface area contributed by atoms with Crippen molar-refractivity contribution in [1.82, 2.24) is 4.31 Å². The number of carbonyl (C=O) groups excluding carboxylic acids is 2. The summed E-state index contributed by atoms with van der Waals surface area (Å²) in [6.07, 6.45) is 1.92. The van der Waals surface area contributed by atoms with Gasteiger partial charge in [-0.15, -0.1) is 0 Å². The minimum Gasteiger partial charge on any atom is -0.465 e. The molecule has 0 unspecified atom stereocenters. The number of rotatable bonds is 11. The van der Waals surface area contributed by atoms with E-state index in [1.165, 1.54) is 28.6 Å². The molecule has 0 heterocycles. The minimum absolute atomic E-state index is 0.0656. The molecule has 1 aliphatic rings. The lowest BCUT2D eigenvalue weighted by Gasteiger charge is -2.22. The number of sulfonamides is 1. The summed E-state index contributed by atoms with van der Waals surface area (Å²) in [6.45, 7) is 1.88. The lowest BCUT2D eigenvalue weighted by Crippen LogP contribution is -2.39. The summed E-state index contributed by atoms with van der Waals surface area (Å²) in [7, 11) is -3.95. The number of esters is 1. The van der Waals surface area contributed by atoms with Crippen molar-refractivity contribution < 1.29 is 22.7 Å². The van der Waals surface area contributed by atoms with E-state index in [2.05, 4.69) is 5.32 Å². The lowest BCUT2D eigenvalue weighted by atomic mass is 9.96. The third-order valence-corrected chi connectivity index (χ3v) is 8.51. The SMILES string of the molecule is CCOC(=O)C1(c2ccc(NC(=O)CN(CCc3ccccc3)S(=O)(=O)c3ccc(Cl)cc3)cc2)CC1. The summed E-state index contributed by atoms with van der Waals surface area (Å²) < 4.78 is 33.2. The van der Waals surface area contributed by atoms with Gasteiger partial charge in [-0.3, -0.25) is 9.59 Å². The van der Waals surface area contributed by atoms with Gasteiger partial charge in [0.15, 0.2) is 0 Å². The number of carbonyl (C=O) groups is 2. The Balaban J connectivity index is 1.47. The van der Waals surface area contributed by atoms with Crippen LogP contribution in [0, 0.1) is 0 Å². The topological polar surface area (TPSA) is 92.8 Å². The van der Waals surface area contributed by atoms with Crippen LogP contribution in [0.4, 0.5) is 5.69 Å². The van der Waals surface area contributed by atoms with Crippen LogP contribution >= 0.6 is 11.6 Å². The van der Waals surface area contributed by atoms with Crippen LogP contribution < -0.4 is 5.32 Å². The predicted molar refractivity (Wildman–Crippen MR) is 143 cm³/mol. The molecule has 1 amide bonds. The van der Waals surface area contributed by atoms with E-state index in [4.69, 9.17) is 16.3 Å². The van der Waals surface area contributed by atoms with E-state index in [1.54, 1.807) is 31.2 Å². The molecule has 7 nitrogen and oxygen atoms in total. The number of amides is 1. The van der Waals surface area contributed by atoms with E-state index < -0.39 is 21.3 Å². The molecule has 3 aromatic rings. The molecular formula is C28H29ClN2O5S. The fraction of sp³-hybridized carbons (Fsp3) is 0.286. The molecular weight excluding hydrogens is 512 g/mol. The molecule has 194 valence electrons. The predicted octanol–water partition coefficient (Wildman–Crippen LogP) is 4.81. The van der Waals surface area contributed by atoms with Gasteiger partial charge >= 0.3 is 5.97 Å². The zero-order valence-corrected chi connectivity index (χ0v) is 22.1. The maximum Gasteiger partial charge on any atom is 0.316 e. The number of hydrogen-bond donors (Lipinski definition) is 1. The Morgan fingerprint density at radius 1 is 0.973 bits per heavy atom. The van der Waals surface area contributed by atoms with Crippen molar-refractivity contribution in [2.24, 2.45) is 0 Å². The van der Waals surface area contributed by atoms with E-state index in [0.29, 0.717) is 23.7 Å². The summed E-state index contributed by atoms with van der Waals surface area (Å²) >= 11 is 5.93. The first kappa shape index (κ1) is 26.9. The van der Waals surface area contributed by atoms with Gasteiger partial charge in [-0.1, -0.05) is 54.1 Å². The van der Waals surface area contributed by atoms with Crippen LogP contribution in [-0.4, -0.2) is 44.3 Å². The Kier molecular flexibility index (Phi) is 8.32. The first-order valence-electron chi connectivity index (χ1n) is 12.1. The number of halogens is 1. The van der Waals surface area contributed by atoms with E-state index in [0.717, 1.165) is 24.0 Å². The minimum atomic E-state index is -3.95. The molecule has 0 aromatic heterocycles. The van der Waals surface area contributed by atoms with Crippen molar-refractivity contribution in [2.45, 2.75) is 36.5 Å². The number of benzene rings is 3. The van der Waals surface area contributed by atoms with Crippen LogP contribution in [0.3, 0.4) is 0 Å². The summed E-state index contributed by atoms with van der Waals surface area (Å²) in [5.74, 6) is -0.696. The summed E-state index contributed by atoms with van der Waals surface area (Å²) in [5.41, 5.74) is 1.73. The molecule has 1 fully saturated rings. The molecule has 1 aliphatic carbocycles. The molecule has 0 radical (unpaired) electrons. The maximum absolute atomic E-state index is 13.4. The summed E-state index contributed by atoms with van der Waals surface area (Å²) in [6, 6.07) is 22.4. The quantitative estimate of drug-likeness (QED) is 0.352. The third-order valence-electron chi connectivity index (χ3n) is 6.40. The molecule has 0 aliphatic heterocycles. The van der Waals surface area contributed by atoms with Gasteiger partial charge < -0.3 is 10.1 Å². The summed E-state index contributed by atoms with van der Waals surface area (Å²) in [5, 5.41) is 3.20. The second-order valence-corrected chi connectivity index (χ2v) is 11.3. The fourth-order valence-electron chi connectivity index (χ4n) is 4.18. The van der Waals surface area contributed by atoms with Crippen LogP contribution in [0.15, 0.2) is 83.8 Å². The van der Waals surface area contributed by atoms with E-state index in [1.807, 2.05) is 30.3 Å². The molecule has 0 atom stereocenters. The first-order valence-corrected chi connectivity index (χ1v) is 13.9. The Morgan fingerprint density at radius 3 is 2.22 bits per heavy atom. The average molecular weight is 541 g/mol. The maximum atomic E-state index is 13.4. The van der Waals surface area contributed by atoms with Crippen LogP contribution in [0.5, 0.6) is 0 Å². The molecule has 1 saturated carbocycles. The van der Waals surface area contributed by atoms with E-state index in [9.17, 15) is 18.0 Å². The highest BCUT2D eigenvalue weighted by Crippen LogP contribution is 2.49. The Labute approximate surface area is 222 Å².